The molecule has 25 heavy (non-hydrogen) atoms. The van der Waals surface area contributed by atoms with Gasteiger partial charge in [0, 0.05) is 5.69 Å². The highest BCUT2D eigenvalue weighted by Gasteiger charge is 2.22. The van der Waals surface area contributed by atoms with Gasteiger partial charge in [-0.3, -0.25) is 14.3 Å². The molecule has 0 bridgehead atoms. The third kappa shape index (κ3) is 3.42. The number of hydrogen-bond donors (Lipinski definition) is 1. The number of anilines is 1. The first-order valence-corrected chi connectivity index (χ1v) is 8.41. The summed E-state index contributed by atoms with van der Waals surface area (Å²) in [6.45, 7) is 5.83. The van der Waals surface area contributed by atoms with E-state index < -0.39 is 0 Å². The van der Waals surface area contributed by atoms with Crippen LogP contribution in [0.3, 0.4) is 0 Å². The predicted octanol–water partition coefficient (Wildman–Crippen LogP) is 3.14. The summed E-state index contributed by atoms with van der Waals surface area (Å²) in [6.07, 6.45) is 2.21. The molecule has 1 aromatic carbocycles. The fourth-order valence-electron chi connectivity index (χ4n) is 3.31. The molecule has 0 aliphatic carbocycles. The van der Waals surface area contributed by atoms with E-state index in [2.05, 4.69) is 16.3 Å². The highest BCUT2D eigenvalue weighted by molar-refractivity contribution is 5.93. The van der Waals surface area contributed by atoms with Crippen molar-refractivity contribution in [2.24, 2.45) is 0 Å². The Morgan fingerprint density at radius 2 is 2.04 bits per heavy atom. The number of amides is 1. The number of halogens is 1. The van der Waals surface area contributed by atoms with E-state index >= 15 is 0 Å². The molecule has 0 atom stereocenters. The summed E-state index contributed by atoms with van der Waals surface area (Å²) in [5.41, 5.74) is 2.58. The van der Waals surface area contributed by atoms with Gasteiger partial charge in [-0.15, -0.1) is 0 Å². The van der Waals surface area contributed by atoms with Crippen LogP contribution >= 0.6 is 0 Å². The monoisotopic (exact) mass is 340 g/mol. The molecule has 1 saturated heterocycles. The predicted molar refractivity (Wildman–Crippen MR) is 94.2 cm³/mol. The number of rotatable bonds is 4. The third-order valence-electron chi connectivity index (χ3n) is 4.72. The zero-order chi connectivity index (χ0) is 18.0. The van der Waals surface area contributed by atoms with Crippen LogP contribution in [0.1, 0.15) is 29.7 Å². The molecular formula is C19H21FN4O. The number of likely N-dealkylation sites (tertiary alicyclic amines) is 1. The Balaban J connectivity index is 1.98. The first-order chi connectivity index (χ1) is 12.0. The van der Waals surface area contributed by atoms with Gasteiger partial charge in [-0.05, 0) is 63.5 Å². The van der Waals surface area contributed by atoms with Crippen molar-refractivity contribution in [2.45, 2.75) is 26.7 Å². The number of nitriles is 1. The molecule has 130 valence electrons. The van der Waals surface area contributed by atoms with Crippen molar-refractivity contribution in [3.05, 3.63) is 46.9 Å². The molecule has 6 heteroatoms. The Hall–Kier alpha value is -2.65. The molecule has 1 amide bonds. The van der Waals surface area contributed by atoms with Crippen LogP contribution in [0, 0.1) is 31.0 Å². The minimum atomic E-state index is -0.365. The summed E-state index contributed by atoms with van der Waals surface area (Å²) >= 11 is 0. The van der Waals surface area contributed by atoms with Crippen molar-refractivity contribution in [3.63, 3.8) is 0 Å². The van der Waals surface area contributed by atoms with Gasteiger partial charge < -0.3 is 5.32 Å². The second-order valence-electron chi connectivity index (χ2n) is 6.39. The maximum absolute atomic E-state index is 13.7. The van der Waals surface area contributed by atoms with Crippen molar-refractivity contribution in [1.29, 1.82) is 5.26 Å². The van der Waals surface area contributed by atoms with Gasteiger partial charge in [-0.25, -0.2) is 4.39 Å². The van der Waals surface area contributed by atoms with Crippen molar-refractivity contribution >= 4 is 11.7 Å². The summed E-state index contributed by atoms with van der Waals surface area (Å²) in [7, 11) is 0. The molecule has 1 aliphatic rings. The van der Waals surface area contributed by atoms with E-state index in [1.807, 2.05) is 13.8 Å². The first kappa shape index (κ1) is 17.2. The lowest BCUT2D eigenvalue weighted by molar-refractivity contribution is -0.117. The lowest BCUT2D eigenvalue weighted by Gasteiger charge is -2.16. The van der Waals surface area contributed by atoms with Gasteiger partial charge in [0.25, 0.3) is 0 Å². The van der Waals surface area contributed by atoms with E-state index in [1.165, 1.54) is 12.1 Å². The first-order valence-electron chi connectivity index (χ1n) is 8.41. The van der Waals surface area contributed by atoms with E-state index in [1.54, 1.807) is 16.7 Å². The Kier molecular flexibility index (Phi) is 4.86. The molecule has 1 N–H and O–H groups in total. The minimum absolute atomic E-state index is 0.159. The number of carbonyl (C=O) groups excluding carboxylic acids is 1. The highest BCUT2D eigenvalue weighted by atomic mass is 19.1. The largest absolute Gasteiger partial charge is 0.310 e. The van der Waals surface area contributed by atoms with E-state index in [0.29, 0.717) is 23.6 Å². The zero-order valence-electron chi connectivity index (χ0n) is 14.5. The van der Waals surface area contributed by atoms with E-state index in [-0.39, 0.29) is 11.7 Å². The van der Waals surface area contributed by atoms with Crippen molar-refractivity contribution in [2.75, 3.05) is 25.0 Å². The van der Waals surface area contributed by atoms with Gasteiger partial charge in [-0.1, -0.05) is 6.07 Å². The van der Waals surface area contributed by atoms with Gasteiger partial charge >= 0.3 is 0 Å². The average Bonchev–Trinajstić information content (AvgIpc) is 3.15. The topological polar surface area (TPSA) is 61.1 Å². The van der Waals surface area contributed by atoms with Crippen LogP contribution < -0.4 is 5.32 Å². The molecule has 2 aromatic rings. The van der Waals surface area contributed by atoms with Crippen LogP contribution in [0.25, 0.3) is 5.69 Å². The molecule has 5 nitrogen and oxygen atoms in total. The maximum Gasteiger partial charge on any atom is 0.239 e. The van der Waals surface area contributed by atoms with Gasteiger partial charge in [0.1, 0.15) is 17.7 Å². The Labute approximate surface area is 146 Å². The quantitative estimate of drug-likeness (QED) is 0.930. The minimum Gasteiger partial charge on any atom is -0.310 e. The summed E-state index contributed by atoms with van der Waals surface area (Å²) < 4.78 is 15.4. The molecule has 2 heterocycles. The standard InChI is InChI=1S/C19H21FN4O/c1-13-14(2)24(16-7-5-6-15(20)10-16)19(17(13)11-21)22-18(25)12-23-8-3-4-9-23/h5-7,10H,3-4,8-9,12H2,1-2H3,(H,22,25). The van der Waals surface area contributed by atoms with E-state index in [0.717, 1.165) is 37.2 Å². The average molecular weight is 340 g/mol. The molecule has 1 fully saturated rings. The van der Waals surface area contributed by atoms with E-state index in [4.69, 9.17) is 0 Å². The highest BCUT2D eigenvalue weighted by Crippen LogP contribution is 2.30. The normalized spacial score (nSPS) is 14.5. The third-order valence-corrected chi connectivity index (χ3v) is 4.72. The number of hydrogen-bond acceptors (Lipinski definition) is 3. The molecule has 0 unspecified atom stereocenters. The summed E-state index contributed by atoms with van der Waals surface area (Å²) in [6, 6.07) is 8.29. The summed E-state index contributed by atoms with van der Waals surface area (Å²) in [5.74, 6) is -0.114. The van der Waals surface area contributed by atoms with E-state index in [9.17, 15) is 14.4 Å². The summed E-state index contributed by atoms with van der Waals surface area (Å²) in [5, 5.41) is 12.4. The molecule has 0 saturated carbocycles. The molecule has 0 radical (unpaired) electrons. The van der Waals surface area contributed by atoms with Crippen molar-refractivity contribution in [3.8, 4) is 11.8 Å². The van der Waals surface area contributed by atoms with Crippen LogP contribution in [0.5, 0.6) is 0 Å². The van der Waals surface area contributed by atoms with Gasteiger partial charge in [0.15, 0.2) is 0 Å². The summed E-state index contributed by atoms with van der Waals surface area (Å²) in [4.78, 5) is 14.6. The fraction of sp³-hybridized carbons (Fsp3) is 0.368. The number of aromatic nitrogens is 1. The van der Waals surface area contributed by atoms with Crippen LogP contribution in [0.4, 0.5) is 10.2 Å². The lowest BCUT2D eigenvalue weighted by atomic mass is 10.2. The smallest absolute Gasteiger partial charge is 0.239 e. The van der Waals surface area contributed by atoms with Crippen LogP contribution in [0.2, 0.25) is 0 Å². The number of benzene rings is 1. The van der Waals surface area contributed by atoms with Crippen molar-refractivity contribution in [1.82, 2.24) is 9.47 Å². The van der Waals surface area contributed by atoms with Crippen LogP contribution in [-0.4, -0.2) is 35.0 Å². The fourth-order valence-corrected chi connectivity index (χ4v) is 3.31. The SMILES string of the molecule is Cc1c(C#N)c(NC(=O)CN2CCCC2)n(-c2cccc(F)c2)c1C. The second-order valence-corrected chi connectivity index (χ2v) is 6.39. The molecular weight excluding hydrogens is 319 g/mol. The molecule has 0 spiro atoms. The number of nitrogens with one attached hydrogen (secondary N) is 1. The number of carbonyl (C=O) groups is 1. The second kappa shape index (κ2) is 7.08. The van der Waals surface area contributed by atoms with Gasteiger partial charge in [-0.2, -0.15) is 5.26 Å². The Bertz CT molecular complexity index is 844. The zero-order valence-corrected chi connectivity index (χ0v) is 14.5. The van der Waals surface area contributed by atoms with Crippen LogP contribution in [0.15, 0.2) is 24.3 Å². The molecule has 1 aliphatic heterocycles. The number of nitrogens with zero attached hydrogens (tertiary/aromatic N) is 3. The van der Waals surface area contributed by atoms with Crippen molar-refractivity contribution < 1.29 is 9.18 Å². The van der Waals surface area contributed by atoms with Gasteiger partial charge in [0.2, 0.25) is 5.91 Å². The Morgan fingerprint density at radius 1 is 1.32 bits per heavy atom. The van der Waals surface area contributed by atoms with Gasteiger partial charge in [0.05, 0.1) is 17.8 Å². The molecule has 1 aromatic heterocycles. The lowest BCUT2D eigenvalue weighted by Crippen LogP contribution is -2.31. The van der Waals surface area contributed by atoms with Crippen LogP contribution in [-0.2, 0) is 4.79 Å². The molecule has 3 rings (SSSR count). The Morgan fingerprint density at radius 3 is 2.68 bits per heavy atom. The maximum atomic E-state index is 13.7.